The SMILES string of the molecule is CC(C)CCCCCc1ccc(OCCOCCCl)cc1. The van der Waals surface area contributed by atoms with Crippen molar-refractivity contribution < 1.29 is 9.47 Å². The fourth-order valence-electron chi connectivity index (χ4n) is 2.19. The van der Waals surface area contributed by atoms with Crippen molar-refractivity contribution in [3.8, 4) is 5.75 Å². The van der Waals surface area contributed by atoms with E-state index in [1.165, 1.54) is 31.2 Å². The topological polar surface area (TPSA) is 18.5 Å². The van der Waals surface area contributed by atoms with Crippen LogP contribution in [0.1, 0.15) is 45.1 Å². The lowest BCUT2D eigenvalue weighted by Crippen LogP contribution is -2.07. The van der Waals surface area contributed by atoms with E-state index in [9.17, 15) is 0 Å². The van der Waals surface area contributed by atoms with Gasteiger partial charge in [0.25, 0.3) is 0 Å². The van der Waals surface area contributed by atoms with Gasteiger partial charge in [0, 0.05) is 5.88 Å². The Bertz CT molecular complexity index is 349. The molecule has 0 atom stereocenters. The largest absolute Gasteiger partial charge is 0.491 e. The van der Waals surface area contributed by atoms with Gasteiger partial charge >= 0.3 is 0 Å². The second-order valence-corrected chi connectivity index (χ2v) is 6.16. The normalized spacial score (nSPS) is 11.0. The van der Waals surface area contributed by atoms with E-state index in [-0.39, 0.29) is 0 Å². The van der Waals surface area contributed by atoms with E-state index in [2.05, 4.69) is 26.0 Å². The molecule has 0 radical (unpaired) electrons. The van der Waals surface area contributed by atoms with E-state index in [1.54, 1.807) is 0 Å². The van der Waals surface area contributed by atoms with Crippen LogP contribution >= 0.6 is 11.6 Å². The molecule has 120 valence electrons. The van der Waals surface area contributed by atoms with Crippen molar-refractivity contribution in [2.75, 3.05) is 25.7 Å². The molecule has 0 bridgehead atoms. The average molecular weight is 313 g/mol. The Hall–Kier alpha value is -0.730. The minimum atomic E-state index is 0.534. The second-order valence-electron chi connectivity index (χ2n) is 5.79. The van der Waals surface area contributed by atoms with E-state index in [4.69, 9.17) is 21.1 Å². The number of aryl methyl sites for hydroxylation is 1. The fourth-order valence-corrected chi connectivity index (χ4v) is 2.30. The summed E-state index contributed by atoms with van der Waals surface area (Å²) in [5, 5.41) is 0. The van der Waals surface area contributed by atoms with Gasteiger partial charge in [-0.25, -0.2) is 0 Å². The number of unbranched alkanes of at least 4 members (excludes halogenated alkanes) is 2. The molecule has 0 aromatic heterocycles. The minimum absolute atomic E-state index is 0.534. The summed E-state index contributed by atoms with van der Waals surface area (Å²) < 4.78 is 10.9. The molecule has 0 fully saturated rings. The maximum absolute atomic E-state index is 5.61. The molecule has 3 heteroatoms. The van der Waals surface area contributed by atoms with Crippen molar-refractivity contribution in [2.24, 2.45) is 5.92 Å². The quantitative estimate of drug-likeness (QED) is 0.396. The van der Waals surface area contributed by atoms with Gasteiger partial charge < -0.3 is 9.47 Å². The Labute approximate surface area is 134 Å². The highest BCUT2D eigenvalue weighted by Gasteiger charge is 1.98. The summed E-state index contributed by atoms with van der Waals surface area (Å²) in [5.74, 6) is 2.27. The summed E-state index contributed by atoms with van der Waals surface area (Å²) in [4.78, 5) is 0. The van der Waals surface area contributed by atoms with E-state index < -0.39 is 0 Å². The zero-order chi connectivity index (χ0) is 15.3. The van der Waals surface area contributed by atoms with Crippen molar-refractivity contribution in [3.05, 3.63) is 29.8 Å². The first kappa shape index (κ1) is 18.3. The fraction of sp³-hybridized carbons (Fsp3) is 0.667. The van der Waals surface area contributed by atoms with Gasteiger partial charge in [-0.05, 0) is 36.5 Å². The maximum Gasteiger partial charge on any atom is 0.119 e. The number of rotatable bonds is 12. The lowest BCUT2D eigenvalue weighted by atomic mass is 10.0. The molecular weight excluding hydrogens is 284 g/mol. The molecule has 0 saturated heterocycles. The van der Waals surface area contributed by atoms with Gasteiger partial charge in [0.2, 0.25) is 0 Å². The first-order chi connectivity index (χ1) is 10.2. The van der Waals surface area contributed by atoms with Crippen molar-refractivity contribution in [3.63, 3.8) is 0 Å². The number of halogens is 1. The minimum Gasteiger partial charge on any atom is -0.491 e. The summed E-state index contributed by atoms with van der Waals surface area (Å²) in [6.45, 7) is 6.33. The van der Waals surface area contributed by atoms with Gasteiger partial charge in [-0.3, -0.25) is 0 Å². The van der Waals surface area contributed by atoms with E-state index in [1.807, 2.05) is 12.1 Å². The lowest BCUT2D eigenvalue weighted by Gasteiger charge is -2.08. The highest BCUT2D eigenvalue weighted by atomic mass is 35.5. The van der Waals surface area contributed by atoms with E-state index in [0.29, 0.717) is 25.7 Å². The molecule has 1 rings (SSSR count). The summed E-state index contributed by atoms with van der Waals surface area (Å²) in [7, 11) is 0. The van der Waals surface area contributed by atoms with Crippen LogP contribution in [0.2, 0.25) is 0 Å². The molecule has 0 amide bonds. The third-order valence-corrected chi connectivity index (χ3v) is 3.54. The Morgan fingerprint density at radius 3 is 2.38 bits per heavy atom. The first-order valence-corrected chi connectivity index (χ1v) is 8.61. The third-order valence-electron chi connectivity index (χ3n) is 3.39. The molecule has 0 saturated carbocycles. The van der Waals surface area contributed by atoms with E-state index in [0.717, 1.165) is 18.1 Å². The summed E-state index contributed by atoms with van der Waals surface area (Å²) in [6.07, 6.45) is 6.46. The summed E-state index contributed by atoms with van der Waals surface area (Å²) >= 11 is 5.53. The predicted octanol–water partition coefficient (Wildman–Crippen LogP) is 5.08. The highest BCUT2D eigenvalue weighted by molar-refractivity contribution is 6.17. The van der Waals surface area contributed by atoms with Crippen molar-refractivity contribution in [1.82, 2.24) is 0 Å². The van der Waals surface area contributed by atoms with Crippen LogP contribution in [0.15, 0.2) is 24.3 Å². The van der Waals surface area contributed by atoms with Crippen molar-refractivity contribution in [1.29, 1.82) is 0 Å². The molecule has 0 spiro atoms. The number of benzene rings is 1. The molecule has 1 aromatic carbocycles. The van der Waals surface area contributed by atoms with Crippen LogP contribution in [0.25, 0.3) is 0 Å². The van der Waals surface area contributed by atoms with Crippen LogP contribution in [-0.2, 0) is 11.2 Å². The molecular formula is C18H29ClO2. The van der Waals surface area contributed by atoms with Gasteiger partial charge in [-0.2, -0.15) is 0 Å². The number of alkyl halides is 1. The second kappa shape index (κ2) is 11.9. The Kier molecular flexibility index (Phi) is 10.4. The Morgan fingerprint density at radius 2 is 1.71 bits per heavy atom. The molecule has 0 N–H and O–H groups in total. The molecule has 0 aliphatic rings. The monoisotopic (exact) mass is 312 g/mol. The van der Waals surface area contributed by atoms with Crippen LogP contribution in [-0.4, -0.2) is 25.7 Å². The van der Waals surface area contributed by atoms with Gasteiger partial charge in [0.15, 0.2) is 0 Å². The predicted molar refractivity (Wildman–Crippen MR) is 90.5 cm³/mol. The molecule has 1 aromatic rings. The van der Waals surface area contributed by atoms with Crippen LogP contribution in [0.5, 0.6) is 5.75 Å². The molecule has 0 aliphatic carbocycles. The smallest absolute Gasteiger partial charge is 0.119 e. The molecule has 2 nitrogen and oxygen atoms in total. The van der Waals surface area contributed by atoms with Crippen LogP contribution in [0, 0.1) is 5.92 Å². The number of ether oxygens (including phenoxy) is 2. The molecule has 0 unspecified atom stereocenters. The van der Waals surface area contributed by atoms with Gasteiger partial charge in [0.1, 0.15) is 12.4 Å². The number of hydrogen-bond acceptors (Lipinski definition) is 2. The van der Waals surface area contributed by atoms with E-state index >= 15 is 0 Å². The summed E-state index contributed by atoms with van der Waals surface area (Å²) in [5.41, 5.74) is 1.39. The molecule has 21 heavy (non-hydrogen) atoms. The van der Waals surface area contributed by atoms with Gasteiger partial charge in [-0.1, -0.05) is 45.2 Å². The molecule has 0 aliphatic heterocycles. The average Bonchev–Trinajstić information content (AvgIpc) is 2.48. The van der Waals surface area contributed by atoms with Crippen molar-refractivity contribution >= 4 is 11.6 Å². The van der Waals surface area contributed by atoms with Crippen molar-refractivity contribution in [2.45, 2.75) is 46.0 Å². The zero-order valence-corrected chi connectivity index (χ0v) is 14.2. The standard InChI is InChI=1S/C18H29ClO2/c1-16(2)6-4-3-5-7-17-8-10-18(11-9-17)21-15-14-20-13-12-19/h8-11,16H,3-7,12-15H2,1-2H3. The maximum atomic E-state index is 5.61. The highest BCUT2D eigenvalue weighted by Crippen LogP contribution is 2.15. The van der Waals surface area contributed by atoms with Gasteiger partial charge in [-0.15, -0.1) is 11.6 Å². The zero-order valence-electron chi connectivity index (χ0n) is 13.4. The first-order valence-electron chi connectivity index (χ1n) is 8.08. The Balaban J connectivity index is 2.12. The van der Waals surface area contributed by atoms with Gasteiger partial charge in [0.05, 0.1) is 13.2 Å². The third kappa shape index (κ3) is 9.76. The van der Waals surface area contributed by atoms with Crippen LogP contribution in [0.3, 0.4) is 0 Å². The summed E-state index contributed by atoms with van der Waals surface area (Å²) in [6, 6.07) is 8.42. The van der Waals surface area contributed by atoms with Crippen LogP contribution < -0.4 is 4.74 Å². The van der Waals surface area contributed by atoms with Crippen LogP contribution in [0.4, 0.5) is 0 Å². The lowest BCUT2D eigenvalue weighted by molar-refractivity contribution is 0.111. The Morgan fingerprint density at radius 1 is 0.952 bits per heavy atom. The number of hydrogen-bond donors (Lipinski definition) is 0. The molecule has 0 heterocycles.